The van der Waals surface area contributed by atoms with Crippen LogP contribution in [-0.4, -0.2) is 30.8 Å². The van der Waals surface area contributed by atoms with E-state index in [1.165, 1.54) is 0 Å². The minimum absolute atomic E-state index is 0. The van der Waals surface area contributed by atoms with Gasteiger partial charge in [-0.15, -0.1) is 12.4 Å². The molecule has 1 atom stereocenters. The van der Waals surface area contributed by atoms with Crippen molar-refractivity contribution in [2.45, 2.75) is 37.3 Å². The lowest BCUT2D eigenvalue weighted by Crippen LogP contribution is -2.37. The van der Waals surface area contributed by atoms with Gasteiger partial charge in [-0.3, -0.25) is 4.79 Å². The molecular formula is C15H21ClN2O3. The standard InChI is InChI=1S/C15H20N2O3.ClH/c16-15(6-7-15)14(18)17-11-3-1-4-12(9-11)20-10-13-5-2-8-19-13;/h1,3-4,9,13H,2,5-8,10,16H2,(H,17,18);1H. The van der Waals surface area contributed by atoms with Gasteiger partial charge >= 0.3 is 0 Å². The van der Waals surface area contributed by atoms with Crippen molar-refractivity contribution in [1.82, 2.24) is 0 Å². The first-order valence-corrected chi connectivity index (χ1v) is 7.10. The second kappa shape index (κ2) is 6.64. The number of ether oxygens (including phenoxy) is 2. The molecule has 1 saturated heterocycles. The number of hydrogen-bond donors (Lipinski definition) is 2. The molecule has 2 aliphatic rings. The number of nitrogens with two attached hydrogens (primary N) is 1. The lowest BCUT2D eigenvalue weighted by molar-refractivity contribution is -0.118. The third-order valence-electron chi connectivity index (χ3n) is 3.79. The van der Waals surface area contributed by atoms with E-state index in [-0.39, 0.29) is 24.4 Å². The van der Waals surface area contributed by atoms with Crippen LogP contribution < -0.4 is 15.8 Å². The molecule has 3 rings (SSSR count). The summed E-state index contributed by atoms with van der Waals surface area (Å²) in [6.45, 7) is 1.38. The average Bonchev–Trinajstić information content (AvgIpc) is 3.01. The van der Waals surface area contributed by atoms with E-state index in [4.69, 9.17) is 15.2 Å². The first-order chi connectivity index (χ1) is 9.66. The maximum absolute atomic E-state index is 11.9. The van der Waals surface area contributed by atoms with Crippen molar-refractivity contribution in [3.8, 4) is 5.75 Å². The van der Waals surface area contributed by atoms with E-state index in [0.29, 0.717) is 6.61 Å². The second-order valence-electron chi connectivity index (χ2n) is 5.58. The van der Waals surface area contributed by atoms with E-state index in [9.17, 15) is 4.79 Å². The lowest BCUT2D eigenvalue weighted by Gasteiger charge is -2.13. The van der Waals surface area contributed by atoms with E-state index in [2.05, 4.69) is 5.32 Å². The summed E-state index contributed by atoms with van der Waals surface area (Å²) >= 11 is 0. The van der Waals surface area contributed by atoms with E-state index in [0.717, 1.165) is 43.7 Å². The van der Waals surface area contributed by atoms with Gasteiger partial charge in [-0.2, -0.15) is 0 Å². The first-order valence-electron chi connectivity index (χ1n) is 7.10. The van der Waals surface area contributed by atoms with Crippen LogP contribution in [-0.2, 0) is 9.53 Å². The predicted octanol–water partition coefficient (Wildman–Crippen LogP) is 2.10. The number of benzene rings is 1. The normalized spacial score (nSPS) is 22.2. The molecule has 1 aromatic rings. The van der Waals surface area contributed by atoms with Crippen LogP contribution in [0.4, 0.5) is 5.69 Å². The van der Waals surface area contributed by atoms with Gasteiger partial charge in [0.25, 0.3) is 0 Å². The summed E-state index contributed by atoms with van der Waals surface area (Å²) in [5.41, 5.74) is 5.92. The first kappa shape index (κ1) is 16.1. The summed E-state index contributed by atoms with van der Waals surface area (Å²) in [4.78, 5) is 11.9. The lowest BCUT2D eigenvalue weighted by atomic mass is 10.2. The van der Waals surface area contributed by atoms with Gasteiger partial charge in [-0.25, -0.2) is 0 Å². The second-order valence-corrected chi connectivity index (χ2v) is 5.58. The molecule has 1 aliphatic carbocycles. The fraction of sp³-hybridized carbons (Fsp3) is 0.533. The maximum atomic E-state index is 11.9. The Morgan fingerprint density at radius 3 is 2.95 bits per heavy atom. The molecule has 1 unspecified atom stereocenters. The summed E-state index contributed by atoms with van der Waals surface area (Å²) in [5.74, 6) is 0.619. The van der Waals surface area contributed by atoms with Crippen molar-refractivity contribution < 1.29 is 14.3 Å². The molecule has 0 bridgehead atoms. The van der Waals surface area contributed by atoms with Crippen LogP contribution in [0.15, 0.2) is 24.3 Å². The Balaban J connectivity index is 0.00000161. The third kappa shape index (κ3) is 4.09. The van der Waals surface area contributed by atoms with Crippen molar-refractivity contribution in [3.05, 3.63) is 24.3 Å². The topological polar surface area (TPSA) is 73.6 Å². The Morgan fingerprint density at radius 2 is 2.29 bits per heavy atom. The van der Waals surface area contributed by atoms with Crippen LogP contribution in [0.3, 0.4) is 0 Å². The van der Waals surface area contributed by atoms with Gasteiger partial charge in [-0.1, -0.05) is 6.07 Å². The van der Waals surface area contributed by atoms with Gasteiger partial charge in [0, 0.05) is 18.4 Å². The summed E-state index contributed by atoms with van der Waals surface area (Å²) < 4.78 is 11.2. The van der Waals surface area contributed by atoms with E-state index < -0.39 is 5.54 Å². The number of hydrogen-bond acceptors (Lipinski definition) is 4. The molecule has 3 N–H and O–H groups in total. The SMILES string of the molecule is Cl.NC1(C(=O)Nc2cccc(OCC3CCCO3)c2)CC1. The molecule has 1 aromatic carbocycles. The predicted molar refractivity (Wildman–Crippen MR) is 82.9 cm³/mol. The maximum Gasteiger partial charge on any atom is 0.244 e. The molecule has 21 heavy (non-hydrogen) atoms. The number of amides is 1. The van der Waals surface area contributed by atoms with Gasteiger partial charge in [0.1, 0.15) is 12.4 Å². The highest BCUT2D eigenvalue weighted by Crippen LogP contribution is 2.33. The number of anilines is 1. The minimum atomic E-state index is -0.658. The molecular weight excluding hydrogens is 292 g/mol. The molecule has 1 heterocycles. The summed E-state index contributed by atoms with van der Waals surface area (Å²) in [6.07, 6.45) is 3.85. The summed E-state index contributed by atoms with van der Waals surface area (Å²) in [7, 11) is 0. The van der Waals surface area contributed by atoms with Gasteiger partial charge in [0.05, 0.1) is 11.6 Å². The van der Waals surface area contributed by atoms with Crippen molar-refractivity contribution in [2.75, 3.05) is 18.5 Å². The Bertz CT molecular complexity index is 499. The van der Waals surface area contributed by atoms with E-state index >= 15 is 0 Å². The highest BCUT2D eigenvalue weighted by Gasteiger charge is 2.45. The highest BCUT2D eigenvalue weighted by atomic mass is 35.5. The van der Waals surface area contributed by atoms with Crippen LogP contribution in [0, 0.1) is 0 Å². The Hall–Kier alpha value is -1.30. The molecule has 6 heteroatoms. The number of halogens is 1. The zero-order valence-electron chi connectivity index (χ0n) is 11.8. The zero-order chi connectivity index (χ0) is 14.0. The van der Waals surface area contributed by atoms with Gasteiger partial charge < -0.3 is 20.5 Å². The summed E-state index contributed by atoms with van der Waals surface area (Å²) in [6, 6.07) is 7.39. The summed E-state index contributed by atoms with van der Waals surface area (Å²) in [5, 5.41) is 2.84. The van der Waals surface area contributed by atoms with Crippen LogP contribution in [0.1, 0.15) is 25.7 Å². The number of carbonyl (C=O) groups is 1. The third-order valence-corrected chi connectivity index (χ3v) is 3.79. The van der Waals surface area contributed by atoms with Crippen LogP contribution >= 0.6 is 12.4 Å². The van der Waals surface area contributed by atoms with Crippen LogP contribution in [0.25, 0.3) is 0 Å². The Morgan fingerprint density at radius 1 is 1.48 bits per heavy atom. The fourth-order valence-electron chi connectivity index (χ4n) is 2.25. The van der Waals surface area contributed by atoms with Crippen molar-refractivity contribution >= 4 is 24.0 Å². The van der Waals surface area contributed by atoms with Gasteiger partial charge in [0.15, 0.2) is 0 Å². The Labute approximate surface area is 130 Å². The smallest absolute Gasteiger partial charge is 0.244 e. The molecule has 5 nitrogen and oxygen atoms in total. The number of rotatable bonds is 5. The van der Waals surface area contributed by atoms with Gasteiger partial charge in [0.2, 0.25) is 5.91 Å². The Kier molecular flexibility index (Phi) is 5.08. The largest absolute Gasteiger partial charge is 0.491 e. The van der Waals surface area contributed by atoms with Crippen molar-refractivity contribution in [1.29, 1.82) is 0 Å². The molecule has 1 aliphatic heterocycles. The van der Waals surface area contributed by atoms with Crippen molar-refractivity contribution in [3.63, 3.8) is 0 Å². The molecule has 116 valence electrons. The molecule has 0 aromatic heterocycles. The molecule has 1 saturated carbocycles. The van der Waals surface area contributed by atoms with E-state index in [1.807, 2.05) is 24.3 Å². The van der Waals surface area contributed by atoms with Gasteiger partial charge in [-0.05, 0) is 37.8 Å². The fourth-order valence-corrected chi connectivity index (χ4v) is 2.25. The van der Waals surface area contributed by atoms with E-state index in [1.54, 1.807) is 0 Å². The molecule has 2 fully saturated rings. The molecule has 1 amide bonds. The van der Waals surface area contributed by atoms with Crippen LogP contribution in [0.2, 0.25) is 0 Å². The average molecular weight is 313 g/mol. The zero-order valence-corrected chi connectivity index (χ0v) is 12.7. The highest BCUT2D eigenvalue weighted by molar-refractivity contribution is 6.00. The number of carbonyl (C=O) groups excluding carboxylic acids is 1. The molecule has 0 spiro atoms. The number of nitrogens with one attached hydrogen (secondary N) is 1. The van der Waals surface area contributed by atoms with Crippen molar-refractivity contribution in [2.24, 2.45) is 5.73 Å². The minimum Gasteiger partial charge on any atom is -0.491 e. The van der Waals surface area contributed by atoms with Crippen LogP contribution in [0.5, 0.6) is 5.75 Å². The molecule has 0 radical (unpaired) electrons. The monoisotopic (exact) mass is 312 g/mol. The quantitative estimate of drug-likeness (QED) is 0.873.